The van der Waals surface area contributed by atoms with E-state index in [1.54, 1.807) is 7.11 Å². The number of fused-ring (bicyclic) bond motifs is 1. The summed E-state index contributed by atoms with van der Waals surface area (Å²) in [7, 11) is 1.60. The molecule has 0 unspecified atom stereocenters. The van der Waals surface area contributed by atoms with Gasteiger partial charge in [0, 0.05) is 30.4 Å². The van der Waals surface area contributed by atoms with E-state index in [9.17, 15) is 0 Å². The normalized spacial score (nSPS) is 16.5. The van der Waals surface area contributed by atoms with Crippen LogP contribution < -0.4 is 4.74 Å². The summed E-state index contributed by atoms with van der Waals surface area (Å²) in [6.07, 6.45) is 1.87. The molecule has 2 heterocycles. The van der Waals surface area contributed by atoms with Crippen LogP contribution in [0.3, 0.4) is 0 Å². The molecule has 0 amide bonds. The minimum atomic E-state index is 0.175. The molecule has 0 aromatic carbocycles. The van der Waals surface area contributed by atoms with E-state index >= 15 is 0 Å². The molecular formula is C11H17N3O. The van der Waals surface area contributed by atoms with Crippen molar-refractivity contribution in [3.05, 3.63) is 17.5 Å². The Morgan fingerprint density at radius 1 is 1.33 bits per heavy atom. The van der Waals surface area contributed by atoms with E-state index in [4.69, 9.17) is 4.74 Å². The molecule has 0 spiro atoms. The van der Waals surface area contributed by atoms with Gasteiger partial charge in [0.15, 0.2) is 0 Å². The van der Waals surface area contributed by atoms with Crippen LogP contribution in [0, 0.1) is 0 Å². The van der Waals surface area contributed by atoms with Crippen molar-refractivity contribution in [3.8, 4) is 6.01 Å². The van der Waals surface area contributed by atoms with E-state index in [1.807, 2.05) is 6.20 Å². The molecule has 0 N–H and O–H groups in total. The standard InChI is InChI=1S/C11H17N3O/c1-11(2,3)14-6-8-5-12-10(15-4)13-9(8)7-14/h5H,6-7H2,1-4H3. The molecule has 0 atom stereocenters. The Hall–Kier alpha value is -1.16. The summed E-state index contributed by atoms with van der Waals surface area (Å²) >= 11 is 0. The fourth-order valence-electron chi connectivity index (χ4n) is 1.71. The van der Waals surface area contributed by atoms with E-state index in [0.717, 1.165) is 18.8 Å². The maximum absolute atomic E-state index is 5.02. The average Bonchev–Trinajstić information content (AvgIpc) is 2.59. The zero-order valence-electron chi connectivity index (χ0n) is 9.74. The average molecular weight is 207 g/mol. The molecule has 0 aliphatic carbocycles. The van der Waals surface area contributed by atoms with Gasteiger partial charge in [-0.15, -0.1) is 0 Å². The fraction of sp³-hybridized carbons (Fsp3) is 0.636. The summed E-state index contributed by atoms with van der Waals surface area (Å²) in [5.74, 6) is 0. The molecule has 15 heavy (non-hydrogen) atoms. The van der Waals surface area contributed by atoms with Crippen LogP contribution in [0.4, 0.5) is 0 Å². The first-order chi connectivity index (χ1) is 7.00. The van der Waals surface area contributed by atoms with Crippen molar-refractivity contribution in [1.29, 1.82) is 0 Å². The molecule has 0 saturated heterocycles. The highest BCUT2D eigenvalue weighted by Crippen LogP contribution is 2.27. The van der Waals surface area contributed by atoms with Crippen molar-refractivity contribution < 1.29 is 4.74 Å². The molecular weight excluding hydrogens is 190 g/mol. The number of hydrogen-bond donors (Lipinski definition) is 0. The number of hydrogen-bond acceptors (Lipinski definition) is 4. The van der Waals surface area contributed by atoms with Gasteiger partial charge in [-0.25, -0.2) is 4.98 Å². The van der Waals surface area contributed by atoms with Crippen molar-refractivity contribution >= 4 is 0 Å². The Balaban J connectivity index is 2.24. The van der Waals surface area contributed by atoms with Gasteiger partial charge in [-0.2, -0.15) is 4.98 Å². The summed E-state index contributed by atoms with van der Waals surface area (Å²) in [6.45, 7) is 8.46. The molecule has 1 aliphatic heterocycles. The highest BCUT2D eigenvalue weighted by atomic mass is 16.5. The Labute approximate surface area is 90.3 Å². The van der Waals surface area contributed by atoms with Crippen LogP contribution >= 0.6 is 0 Å². The van der Waals surface area contributed by atoms with Crippen LogP contribution in [0.2, 0.25) is 0 Å². The zero-order chi connectivity index (χ0) is 11.1. The summed E-state index contributed by atoms with van der Waals surface area (Å²) in [5, 5.41) is 0. The number of methoxy groups -OCH3 is 1. The molecule has 2 rings (SSSR count). The van der Waals surface area contributed by atoms with Gasteiger partial charge in [-0.1, -0.05) is 0 Å². The van der Waals surface area contributed by atoms with Gasteiger partial charge < -0.3 is 4.74 Å². The van der Waals surface area contributed by atoms with Crippen LogP contribution in [0.5, 0.6) is 6.01 Å². The van der Waals surface area contributed by atoms with Crippen LogP contribution in [-0.2, 0) is 13.1 Å². The Morgan fingerprint density at radius 3 is 2.67 bits per heavy atom. The van der Waals surface area contributed by atoms with Crippen molar-refractivity contribution in [2.45, 2.75) is 39.4 Å². The Bertz CT molecular complexity index is 371. The number of nitrogens with zero attached hydrogens (tertiary/aromatic N) is 3. The minimum absolute atomic E-state index is 0.175. The second-order valence-corrected chi connectivity index (χ2v) is 4.86. The molecule has 0 bridgehead atoms. The van der Waals surface area contributed by atoms with E-state index in [2.05, 4.69) is 35.6 Å². The van der Waals surface area contributed by atoms with Crippen molar-refractivity contribution in [2.24, 2.45) is 0 Å². The summed E-state index contributed by atoms with van der Waals surface area (Å²) < 4.78 is 5.02. The molecule has 0 saturated carbocycles. The first-order valence-corrected chi connectivity index (χ1v) is 5.14. The number of aromatic nitrogens is 2. The van der Waals surface area contributed by atoms with Gasteiger partial charge in [-0.3, -0.25) is 4.90 Å². The van der Waals surface area contributed by atoms with E-state index < -0.39 is 0 Å². The summed E-state index contributed by atoms with van der Waals surface area (Å²) in [4.78, 5) is 10.9. The molecule has 0 fully saturated rings. The van der Waals surface area contributed by atoms with Gasteiger partial charge in [0.05, 0.1) is 12.8 Å². The van der Waals surface area contributed by atoms with Gasteiger partial charge in [0.25, 0.3) is 0 Å². The molecule has 1 aromatic rings. The SMILES string of the molecule is COc1ncc2c(n1)CN(C(C)(C)C)C2. The topological polar surface area (TPSA) is 38.3 Å². The van der Waals surface area contributed by atoms with Crippen molar-refractivity contribution in [2.75, 3.05) is 7.11 Å². The number of rotatable bonds is 1. The first kappa shape index (κ1) is 10.4. The molecule has 82 valence electrons. The lowest BCUT2D eigenvalue weighted by molar-refractivity contribution is 0.135. The monoisotopic (exact) mass is 207 g/mol. The van der Waals surface area contributed by atoms with Gasteiger partial charge in [0.2, 0.25) is 0 Å². The highest BCUT2D eigenvalue weighted by molar-refractivity contribution is 5.23. The lowest BCUT2D eigenvalue weighted by Crippen LogP contribution is -2.36. The minimum Gasteiger partial charge on any atom is -0.467 e. The summed E-state index contributed by atoms with van der Waals surface area (Å²) in [6, 6.07) is 0.463. The molecule has 4 heteroatoms. The van der Waals surface area contributed by atoms with Crippen LogP contribution in [-0.4, -0.2) is 27.5 Å². The lowest BCUT2D eigenvalue weighted by Gasteiger charge is -2.30. The lowest BCUT2D eigenvalue weighted by atomic mass is 10.1. The third-order valence-electron chi connectivity index (χ3n) is 2.77. The molecule has 1 aromatic heterocycles. The smallest absolute Gasteiger partial charge is 0.316 e. The van der Waals surface area contributed by atoms with E-state index in [1.165, 1.54) is 5.56 Å². The second-order valence-electron chi connectivity index (χ2n) is 4.86. The third-order valence-corrected chi connectivity index (χ3v) is 2.77. The molecule has 0 radical (unpaired) electrons. The van der Waals surface area contributed by atoms with Gasteiger partial charge in [-0.05, 0) is 20.8 Å². The maximum atomic E-state index is 5.02. The van der Waals surface area contributed by atoms with Crippen LogP contribution in [0.15, 0.2) is 6.20 Å². The predicted molar refractivity (Wildman–Crippen MR) is 57.6 cm³/mol. The maximum Gasteiger partial charge on any atom is 0.316 e. The van der Waals surface area contributed by atoms with E-state index in [0.29, 0.717) is 6.01 Å². The molecule has 4 nitrogen and oxygen atoms in total. The molecule has 1 aliphatic rings. The van der Waals surface area contributed by atoms with Gasteiger partial charge >= 0.3 is 6.01 Å². The first-order valence-electron chi connectivity index (χ1n) is 5.14. The van der Waals surface area contributed by atoms with E-state index in [-0.39, 0.29) is 5.54 Å². The third kappa shape index (κ3) is 1.95. The number of ether oxygens (including phenoxy) is 1. The quantitative estimate of drug-likeness (QED) is 0.701. The summed E-state index contributed by atoms with van der Waals surface area (Å²) in [5.41, 5.74) is 2.48. The Kier molecular flexibility index (Phi) is 2.38. The zero-order valence-corrected chi connectivity index (χ0v) is 9.74. The van der Waals surface area contributed by atoms with Crippen LogP contribution in [0.1, 0.15) is 32.0 Å². The second kappa shape index (κ2) is 3.45. The fourth-order valence-corrected chi connectivity index (χ4v) is 1.71. The van der Waals surface area contributed by atoms with Crippen LogP contribution in [0.25, 0.3) is 0 Å². The highest BCUT2D eigenvalue weighted by Gasteiger charge is 2.29. The van der Waals surface area contributed by atoms with Crippen molar-refractivity contribution in [3.63, 3.8) is 0 Å². The van der Waals surface area contributed by atoms with Gasteiger partial charge in [0.1, 0.15) is 0 Å². The Morgan fingerprint density at radius 2 is 2.07 bits per heavy atom. The predicted octanol–water partition coefficient (Wildman–Crippen LogP) is 1.60. The largest absolute Gasteiger partial charge is 0.467 e. The van der Waals surface area contributed by atoms with Crippen molar-refractivity contribution in [1.82, 2.24) is 14.9 Å².